The summed E-state index contributed by atoms with van der Waals surface area (Å²) in [5, 5.41) is 0. The summed E-state index contributed by atoms with van der Waals surface area (Å²) in [4.78, 5) is 8.19. The third-order valence-corrected chi connectivity index (χ3v) is 3.74. The molecule has 6 nitrogen and oxygen atoms in total. The van der Waals surface area contributed by atoms with E-state index in [1.54, 1.807) is 19.9 Å². The molecule has 0 aliphatic rings. The summed E-state index contributed by atoms with van der Waals surface area (Å²) in [6.45, 7) is 3.55. The van der Waals surface area contributed by atoms with E-state index >= 15 is 0 Å². The molecule has 0 radical (unpaired) electrons. The molecule has 2 aromatic rings. The number of aryl methyl sites for hydroxylation is 2. The fourth-order valence-electron chi connectivity index (χ4n) is 1.60. The molecule has 2 rings (SSSR count). The van der Waals surface area contributed by atoms with Crippen LogP contribution in [0.4, 0.5) is 11.6 Å². The van der Waals surface area contributed by atoms with Gasteiger partial charge in [0.15, 0.2) is 0 Å². The molecular weight excluding hydrogens is 270 g/mol. The monoisotopic (exact) mass is 284 g/mol. The van der Waals surface area contributed by atoms with Crippen LogP contribution in [0, 0.1) is 13.8 Å². The van der Waals surface area contributed by atoms with Crippen LogP contribution in [0.3, 0.4) is 0 Å². The molecule has 0 unspecified atom stereocenters. The molecule has 0 saturated heterocycles. The Labute approximate surface area is 111 Å². The number of hydrogen-bond donors (Lipinski definition) is 2. The van der Waals surface area contributed by atoms with E-state index in [-0.39, 0.29) is 10.8 Å². The van der Waals surface area contributed by atoms with Gasteiger partial charge in [0.25, 0.3) is 10.0 Å². The summed E-state index contributed by atoms with van der Waals surface area (Å²) in [7, 11) is -3.69. The summed E-state index contributed by atoms with van der Waals surface area (Å²) in [6.07, 6.45) is 0. The third kappa shape index (κ3) is 3.19. The molecule has 1 heterocycles. The second kappa shape index (κ2) is 4.85. The standard InChI is InChI=1S/C12H14N4O2S/c1-8-7-9(2)15-12(14-8)16-19(17,18)11-5-3-10(13)4-6-11/h3-7H,13H2,1-2H3,(H,14,15,16)/i3+1,4+1,5+1,6+1,10+1,11+1. The summed E-state index contributed by atoms with van der Waals surface area (Å²) < 4.78 is 26.6. The van der Waals surface area contributed by atoms with Crippen molar-refractivity contribution in [1.82, 2.24) is 9.97 Å². The second-order valence-electron chi connectivity index (χ2n) is 4.15. The lowest BCUT2D eigenvalue weighted by molar-refractivity contribution is 0.601. The molecule has 1 aromatic heterocycles. The molecule has 19 heavy (non-hydrogen) atoms. The van der Waals surface area contributed by atoms with Gasteiger partial charge in [-0.25, -0.2) is 23.1 Å². The molecule has 100 valence electrons. The lowest BCUT2D eigenvalue weighted by Crippen LogP contribution is -2.15. The summed E-state index contributed by atoms with van der Waals surface area (Å²) in [5.74, 6) is 0.0642. The number of rotatable bonds is 3. The van der Waals surface area contributed by atoms with Crippen LogP contribution in [-0.4, -0.2) is 18.4 Å². The van der Waals surface area contributed by atoms with E-state index in [1.807, 2.05) is 0 Å². The zero-order chi connectivity index (χ0) is 14.0. The van der Waals surface area contributed by atoms with Crippen LogP contribution in [0.25, 0.3) is 0 Å². The maximum atomic E-state index is 12.1. The van der Waals surface area contributed by atoms with Crippen molar-refractivity contribution in [2.24, 2.45) is 0 Å². The van der Waals surface area contributed by atoms with Crippen molar-refractivity contribution in [1.29, 1.82) is 0 Å². The highest BCUT2D eigenvalue weighted by Gasteiger charge is 2.15. The Hall–Kier alpha value is -2.15. The summed E-state index contributed by atoms with van der Waals surface area (Å²) >= 11 is 0. The number of anilines is 2. The van der Waals surface area contributed by atoms with Gasteiger partial charge in [-0.05, 0) is 44.2 Å². The Bertz CT molecular complexity index is 676. The van der Waals surface area contributed by atoms with Crippen LogP contribution >= 0.6 is 0 Å². The first kappa shape index (κ1) is 13.3. The van der Waals surface area contributed by atoms with Gasteiger partial charge in [0.1, 0.15) is 0 Å². The number of benzene rings is 1. The van der Waals surface area contributed by atoms with Crippen LogP contribution in [-0.2, 0) is 10.0 Å². The fraction of sp³-hybridized carbons (Fsp3) is 0.167. The number of aromatic nitrogens is 2. The third-order valence-electron chi connectivity index (χ3n) is 2.40. The van der Waals surface area contributed by atoms with Crippen molar-refractivity contribution in [2.75, 3.05) is 10.5 Å². The van der Waals surface area contributed by atoms with Gasteiger partial charge >= 0.3 is 0 Å². The SMILES string of the molecule is Cc1cc(C)nc(NS(=O)(=O)[13c]2[13cH][13cH][13c](N)[13cH][13cH]2)n1. The molecule has 3 N–H and O–H groups in total. The summed E-state index contributed by atoms with van der Waals surface area (Å²) in [6, 6.07) is 7.68. The largest absolute Gasteiger partial charge is 0.399 e. The van der Waals surface area contributed by atoms with Crippen LogP contribution in [0.5, 0.6) is 0 Å². The average Bonchev–Trinajstić information content (AvgIpc) is 2.27. The molecule has 0 spiro atoms. The van der Waals surface area contributed by atoms with E-state index in [0.717, 1.165) is 0 Å². The van der Waals surface area contributed by atoms with Gasteiger partial charge in [-0.1, -0.05) is 0 Å². The minimum absolute atomic E-state index is 0.0642. The van der Waals surface area contributed by atoms with Crippen molar-refractivity contribution in [3.05, 3.63) is 41.7 Å². The minimum Gasteiger partial charge on any atom is -0.399 e. The maximum absolute atomic E-state index is 12.1. The van der Waals surface area contributed by atoms with Crippen LogP contribution in [0.15, 0.2) is 35.2 Å². The van der Waals surface area contributed by atoms with Gasteiger partial charge in [0.2, 0.25) is 5.95 Å². The first-order valence-corrected chi connectivity index (χ1v) is 7.06. The van der Waals surface area contributed by atoms with Crippen molar-refractivity contribution >= 4 is 21.7 Å². The molecule has 0 aliphatic carbocycles. The first-order valence-electron chi connectivity index (χ1n) is 5.57. The Balaban J connectivity index is 2.33. The van der Waals surface area contributed by atoms with Crippen LogP contribution in [0.2, 0.25) is 0 Å². The van der Waals surface area contributed by atoms with Gasteiger partial charge in [-0.3, -0.25) is 0 Å². The van der Waals surface area contributed by atoms with Gasteiger partial charge in [-0.15, -0.1) is 0 Å². The highest BCUT2D eigenvalue weighted by molar-refractivity contribution is 7.92. The van der Waals surface area contributed by atoms with E-state index in [9.17, 15) is 8.42 Å². The molecule has 1 aromatic carbocycles. The van der Waals surface area contributed by atoms with Gasteiger partial charge in [0.05, 0.1) is 4.90 Å². The van der Waals surface area contributed by atoms with E-state index in [0.29, 0.717) is 17.1 Å². The molecule has 0 bridgehead atoms. The number of nitrogens with one attached hydrogen (secondary N) is 1. The molecular formula is C12H14N4O2S. The van der Waals surface area contributed by atoms with Crippen molar-refractivity contribution in [3.63, 3.8) is 0 Å². The Kier molecular flexibility index (Phi) is 3.39. The zero-order valence-corrected chi connectivity index (χ0v) is 11.4. The summed E-state index contributed by atoms with van der Waals surface area (Å²) in [5.41, 5.74) is 7.42. The molecule has 0 saturated carbocycles. The Morgan fingerprint density at radius 1 is 1.05 bits per heavy atom. The van der Waals surface area contributed by atoms with Crippen molar-refractivity contribution in [2.45, 2.75) is 18.7 Å². The second-order valence-corrected chi connectivity index (χ2v) is 5.83. The van der Waals surface area contributed by atoms with E-state index in [1.165, 1.54) is 24.3 Å². The predicted octanol–water partition coefficient (Wildman–Crippen LogP) is 1.48. The highest BCUT2D eigenvalue weighted by Crippen LogP contribution is 2.15. The topological polar surface area (TPSA) is 98.0 Å². The van der Waals surface area contributed by atoms with Crippen LogP contribution in [0.1, 0.15) is 11.4 Å². The Morgan fingerprint density at radius 2 is 1.58 bits per heavy atom. The predicted molar refractivity (Wildman–Crippen MR) is 73.2 cm³/mol. The van der Waals surface area contributed by atoms with E-state index in [4.69, 9.17) is 5.73 Å². The number of sulfonamides is 1. The number of hydrogen-bond acceptors (Lipinski definition) is 5. The molecule has 7 heteroatoms. The minimum atomic E-state index is -3.69. The number of nitrogens with two attached hydrogens (primary N) is 1. The molecule has 0 atom stereocenters. The van der Waals surface area contributed by atoms with Gasteiger partial charge in [0, 0.05) is 17.1 Å². The number of nitrogen functional groups attached to an aromatic ring is 1. The average molecular weight is 284 g/mol. The zero-order valence-electron chi connectivity index (χ0n) is 10.6. The number of nitrogens with zero attached hydrogens (tertiary/aromatic N) is 2. The maximum Gasteiger partial charge on any atom is 0.264 e. The van der Waals surface area contributed by atoms with Crippen LogP contribution < -0.4 is 10.5 Å². The highest BCUT2D eigenvalue weighted by atomic mass is 32.2. The normalized spacial score (nSPS) is 11.3. The molecule has 0 fully saturated rings. The van der Waals surface area contributed by atoms with Crippen molar-refractivity contribution in [3.8, 4) is 0 Å². The molecule has 0 aliphatic heterocycles. The lowest BCUT2D eigenvalue weighted by Gasteiger charge is -2.08. The van der Waals surface area contributed by atoms with E-state index in [2.05, 4.69) is 14.7 Å². The van der Waals surface area contributed by atoms with Gasteiger partial charge in [-0.2, -0.15) is 0 Å². The molecule has 0 amide bonds. The van der Waals surface area contributed by atoms with Gasteiger partial charge < -0.3 is 5.73 Å². The quantitative estimate of drug-likeness (QED) is 0.832. The van der Waals surface area contributed by atoms with Crippen molar-refractivity contribution < 1.29 is 8.42 Å². The fourth-order valence-corrected chi connectivity index (χ4v) is 2.54. The van der Waals surface area contributed by atoms with E-state index < -0.39 is 10.0 Å². The lowest BCUT2D eigenvalue weighted by atomic mass is 10.4. The smallest absolute Gasteiger partial charge is 0.264 e. The Morgan fingerprint density at radius 3 is 2.11 bits per heavy atom. The first-order chi connectivity index (χ1) is 8.87.